The number of sulfonamides is 1. The topological polar surface area (TPSA) is 82.2 Å². The van der Waals surface area contributed by atoms with Crippen molar-refractivity contribution in [1.82, 2.24) is 19.4 Å². The van der Waals surface area contributed by atoms with Gasteiger partial charge in [0.05, 0.1) is 12.9 Å². The van der Waals surface area contributed by atoms with E-state index in [1.807, 2.05) is 38.4 Å². The summed E-state index contributed by atoms with van der Waals surface area (Å²) < 4.78 is 49.2. The molecule has 8 nitrogen and oxygen atoms in total. The first-order valence-electron chi connectivity index (χ1n) is 18.3. The third kappa shape index (κ3) is 8.52. The van der Waals surface area contributed by atoms with Crippen molar-refractivity contribution in [2.45, 2.75) is 109 Å². The number of halogens is 2. The van der Waals surface area contributed by atoms with Gasteiger partial charge in [-0.1, -0.05) is 56.6 Å². The first kappa shape index (κ1) is 37.5. The Morgan fingerprint density at radius 1 is 1.06 bits per heavy atom. The second kappa shape index (κ2) is 14.6. The maximum atomic E-state index is 15.7. The van der Waals surface area contributed by atoms with Gasteiger partial charge in [0.2, 0.25) is 15.9 Å². The average Bonchev–Trinajstić information content (AvgIpc) is 3.30. The molecule has 5 aliphatic rings. The summed E-state index contributed by atoms with van der Waals surface area (Å²) >= 11 is 6.61. The van der Waals surface area contributed by atoms with Crippen LogP contribution in [-0.2, 0) is 34.5 Å². The van der Waals surface area contributed by atoms with E-state index in [1.165, 1.54) is 30.7 Å². The van der Waals surface area contributed by atoms with Crippen LogP contribution in [0.15, 0.2) is 36.4 Å². The molecule has 0 spiro atoms. The number of nitrogens with one attached hydrogen (secondary N) is 1. The van der Waals surface area contributed by atoms with E-state index in [9.17, 15) is 13.2 Å². The number of likely N-dealkylation sites (N-methyl/N-ethyl adjacent to an activating group) is 1. The molecule has 4 aliphatic carbocycles. The zero-order valence-electron chi connectivity index (χ0n) is 30.7. The molecule has 7 rings (SSSR count). The summed E-state index contributed by atoms with van der Waals surface area (Å²) in [6.45, 7) is 8.28. The highest BCUT2D eigenvalue weighted by Gasteiger charge is 2.53. The van der Waals surface area contributed by atoms with Gasteiger partial charge in [0.15, 0.2) is 11.6 Å². The quantitative estimate of drug-likeness (QED) is 0.243. The molecule has 2 aromatic carbocycles. The summed E-state index contributed by atoms with van der Waals surface area (Å²) in [6, 6.07) is 10.5. The van der Waals surface area contributed by atoms with Crippen molar-refractivity contribution in [3.63, 3.8) is 0 Å². The molecule has 0 aromatic heterocycles. The van der Waals surface area contributed by atoms with Gasteiger partial charge in [0.1, 0.15) is 6.04 Å². The fourth-order valence-electron chi connectivity index (χ4n) is 9.87. The Hall–Kier alpha value is -2.24. The summed E-state index contributed by atoms with van der Waals surface area (Å²) in [5, 5.41) is 3.78. The molecule has 1 unspecified atom stereocenters. The standard InChI is InChI=1S/C39H56ClFN4O4S/c1-38(2,3)21-31(24-43(4)5)44(25-32-33(40)10-11-35(49-6)36(32)41)22-26-8-7-9-27(14-26)23-45-34(12-13-50(45,47)48)37(46)42-39-18-28-15-29(19-39)17-30(16-28)20-39/h7-11,14,28-31,34H,12-13,15-25H2,1-6H3,(H,42,46)/t28?,29?,30?,31-,34?,39?/m0/s1. The predicted molar refractivity (Wildman–Crippen MR) is 197 cm³/mol. The average molecular weight is 731 g/mol. The maximum absolute atomic E-state index is 15.7. The number of ether oxygens (including phenoxy) is 1. The molecule has 4 saturated carbocycles. The molecule has 1 amide bonds. The van der Waals surface area contributed by atoms with E-state index in [-0.39, 0.29) is 47.5 Å². The monoisotopic (exact) mass is 730 g/mol. The molecule has 2 atom stereocenters. The number of carbonyl (C=O) groups excluding carboxylic acids is 1. The summed E-state index contributed by atoms with van der Waals surface area (Å²) in [4.78, 5) is 18.3. The molecule has 4 bridgehead atoms. The fraction of sp³-hybridized carbons (Fsp3) is 0.667. The van der Waals surface area contributed by atoms with Gasteiger partial charge >= 0.3 is 0 Å². The molecule has 11 heteroatoms. The Morgan fingerprint density at radius 2 is 1.70 bits per heavy atom. The minimum atomic E-state index is -3.60. The van der Waals surface area contributed by atoms with Crippen molar-refractivity contribution in [1.29, 1.82) is 0 Å². The fourth-order valence-corrected chi connectivity index (χ4v) is 11.8. The molecule has 276 valence electrons. The molecule has 1 saturated heterocycles. The van der Waals surface area contributed by atoms with Crippen molar-refractivity contribution in [3.05, 3.63) is 63.9 Å². The Morgan fingerprint density at radius 3 is 2.30 bits per heavy atom. The van der Waals surface area contributed by atoms with Crippen molar-refractivity contribution >= 4 is 27.5 Å². The van der Waals surface area contributed by atoms with E-state index in [4.69, 9.17) is 16.3 Å². The van der Waals surface area contributed by atoms with E-state index >= 15 is 4.39 Å². The van der Waals surface area contributed by atoms with Gasteiger partial charge in [-0.15, -0.1) is 0 Å². The summed E-state index contributed by atoms with van der Waals surface area (Å²) in [5.74, 6) is 1.58. The second-order valence-electron chi connectivity index (χ2n) is 17.3. The van der Waals surface area contributed by atoms with Crippen molar-refractivity contribution in [2.24, 2.45) is 23.2 Å². The van der Waals surface area contributed by atoms with Gasteiger partial charge in [-0.25, -0.2) is 12.8 Å². The SMILES string of the molecule is COc1ccc(Cl)c(CN(Cc2cccc(CN3C(C(=O)NC45CC6CC(CC(C6)C4)C5)CCS3(=O)=O)c2)[C@H](CN(C)C)CC(C)(C)C)c1F. The summed E-state index contributed by atoms with van der Waals surface area (Å²) in [5.41, 5.74) is 2.02. The van der Waals surface area contributed by atoms with E-state index in [0.29, 0.717) is 41.3 Å². The van der Waals surface area contributed by atoms with Gasteiger partial charge in [-0.05, 0) is 112 Å². The highest BCUT2D eigenvalue weighted by Crippen LogP contribution is 2.55. The summed E-state index contributed by atoms with van der Waals surface area (Å²) in [6.07, 6.45) is 8.08. The minimum absolute atomic E-state index is 0.00731. The highest BCUT2D eigenvalue weighted by molar-refractivity contribution is 7.89. The van der Waals surface area contributed by atoms with E-state index in [0.717, 1.165) is 43.4 Å². The van der Waals surface area contributed by atoms with Gasteiger partial charge < -0.3 is 15.0 Å². The van der Waals surface area contributed by atoms with Crippen LogP contribution in [0.3, 0.4) is 0 Å². The Bertz CT molecular complexity index is 1630. The number of benzene rings is 2. The summed E-state index contributed by atoms with van der Waals surface area (Å²) in [7, 11) is 1.94. The number of hydrogen-bond donors (Lipinski definition) is 1. The smallest absolute Gasteiger partial charge is 0.238 e. The first-order chi connectivity index (χ1) is 23.5. The zero-order chi connectivity index (χ0) is 36.0. The number of methoxy groups -OCH3 is 1. The van der Waals surface area contributed by atoms with Gasteiger partial charge in [0.25, 0.3) is 0 Å². The van der Waals surface area contributed by atoms with Crippen molar-refractivity contribution in [3.8, 4) is 5.75 Å². The number of carbonyl (C=O) groups is 1. The lowest BCUT2D eigenvalue weighted by atomic mass is 9.53. The Balaban J connectivity index is 1.23. The molecule has 0 radical (unpaired) electrons. The Labute approximate surface area is 304 Å². The van der Waals surface area contributed by atoms with Crippen LogP contribution in [-0.4, -0.2) is 79.6 Å². The first-order valence-corrected chi connectivity index (χ1v) is 20.3. The van der Waals surface area contributed by atoms with E-state index in [2.05, 4.69) is 35.9 Å². The van der Waals surface area contributed by atoms with Gasteiger partial charge in [-0.3, -0.25) is 9.69 Å². The lowest BCUT2D eigenvalue weighted by molar-refractivity contribution is -0.130. The highest BCUT2D eigenvalue weighted by atomic mass is 35.5. The Kier molecular flexibility index (Phi) is 11.0. The molecule has 5 fully saturated rings. The molecular weight excluding hydrogens is 675 g/mol. The predicted octanol–water partition coefficient (Wildman–Crippen LogP) is 6.85. The molecular formula is C39H56ClFN4O4S. The van der Waals surface area contributed by atoms with Crippen LogP contribution in [0.4, 0.5) is 4.39 Å². The van der Waals surface area contributed by atoms with Crippen molar-refractivity contribution < 1.29 is 22.3 Å². The number of nitrogens with zero attached hydrogens (tertiary/aromatic N) is 3. The number of hydrogen-bond acceptors (Lipinski definition) is 6. The number of rotatable bonds is 13. The maximum Gasteiger partial charge on any atom is 0.238 e. The third-order valence-electron chi connectivity index (χ3n) is 11.5. The van der Waals surface area contributed by atoms with E-state index < -0.39 is 21.9 Å². The van der Waals surface area contributed by atoms with Crippen LogP contribution < -0.4 is 10.1 Å². The molecule has 2 aromatic rings. The third-order valence-corrected chi connectivity index (χ3v) is 13.7. The lowest BCUT2D eigenvalue weighted by Gasteiger charge is -2.57. The molecule has 1 N–H and O–H groups in total. The molecule has 50 heavy (non-hydrogen) atoms. The minimum Gasteiger partial charge on any atom is -0.494 e. The van der Waals surface area contributed by atoms with Crippen LogP contribution in [0, 0.1) is 29.0 Å². The van der Waals surface area contributed by atoms with Crippen LogP contribution in [0.2, 0.25) is 5.02 Å². The lowest BCUT2D eigenvalue weighted by Crippen LogP contribution is -2.62. The molecule has 1 aliphatic heterocycles. The largest absolute Gasteiger partial charge is 0.494 e. The van der Waals surface area contributed by atoms with Gasteiger partial charge in [-0.2, -0.15) is 4.31 Å². The van der Waals surface area contributed by atoms with Crippen LogP contribution in [0.1, 0.15) is 88.8 Å². The van der Waals surface area contributed by atoms with Crippen molar-refractivity contribution in [2.75, 3.05) is 33.5 Å². The van der Waals surface area contributed by atoms with E-state index in [1.54, 1.807) is 12.1 Å². The second-order valence-corrected chi connectivity index (χ2v) is 19.7. The van der Waals surface area contributed by atoms with Gasteiger partial charge in [0, 0.05) is 48.3 Å². The molecule has 1 heterocycles. The van der Waals surface area contributed by atoms with Crippen LogP contribution in [0.5, 0.6) is 5.75 Å². The normalized spacial score (nSPS) is 28.0. The zero-order valence-corrected chi connectivity index (χ0v) is 32.3. The van der Waals surface area contributed by atoms with Crippen LogP contribution >= 0.6 is 11.6 Å². The number of amides is 1. The van der Waals surface area contributed by atoms with Crippen LogP contribution in [0.25, 0.3) is 0 Å².